The first-order valence-electron chi connectivity index (χ1n) is 7.72. The second-order valence-electron chi connectivity index (χ2n) is 5.41. The molecule has 0 aliphatic carbocycles. The first-order chi connectivity index (χ1) is 10.7. The Morgan fingerprint density at radius 2 is 2.00 bits per heavy atom. The van der Waals surface area contributed by atoms with Crippen molar-refractivity contribution in [1.29, 1.82) is 0 Å². The maximum Gasteiger partial charge on any atom is 0.252 e. The average Bonchev–Trinajstić information content (AvgIpc) is 2.56. The molecule has 1 atom stereocenters. The fourth-order valence-electron chi connectivity index (χ4n) is 2.10. The smallest absolute Gasteiger partial charge is 0.252 e. The molecule has 0 saturated carbocycles. The number of amides is 1. The number of aromatic nitrogens is 1. The van der Waals surface area contributed by atoms with Gasteiger partial charge in [0, 0.05) is 25.0 Å². The van der Waals surface area contributed by atoms with Crippen molar-refractivity contribution in [3.8, 4) is 0 Å². The van der Waals surface area contributed by atoms with E-state index in [0.717, 1.165) is 18.5 Å². The number of benzene rings is 1. The Morgan fingerprint density at radius 1 is 1.23 bits per heavy atom. The van der Waals surface area contributed by atoms with Crippen LogP contribution in [0.1, 0.15) is 36.2 Å². The minimum atomic E-state index is -0.0868. The third-order valence-corrected chi connectivity index (χ3v) is 3.57. The SMILES string of the molecule is CCC(C)Nc1cncc(C(=O)NCCc2ccccc2)c1. The molecule has 4 heteroatoms. The van der Waals surface area contributed by atoms with Crippen LogP contribution in [0.15, 0.2) is 48.8 Å². The Bertz CT molecular complexity index is 598. The standard InChI is InChI=1S/C18H23N3O/c1-3-14(2)21-17-11-16(12-19-13-17)18(22)20-10-9-15-7-5-4-6-8-15/h4-8,11-14,21H,3,9-10H2,1-2H3,(H,20,22). The number of rotatable bonds is 7. The topological polar surface area (TPSA) is 54.0 Å². The van der Waals surface area contributed by atoms with Gasteiger partial charge >= 0.3 is 0 Å². The first kappa shape index (κ1) is 16.0. The number of pyridine rings is 1. The van der Waals surface area contributed by atoms with E-state index in [1.807, 2.05) is 24.3 Å². The van der Waals surface area contributed by atoms with Gasteiger partial charge in [0.15, 0.2) is 0 Å². The van der Waals surface area contributed by atoms with Gasteiger partial charge in [-0.25, -0.2) is 0 Å². The van der Waals surface area contributed by atoms with Crippen molar-refractivity contribution in [2.75, 3.05) is 11.9 Å². The Labute approximate surface area is 132 Å². The van der Waals surface area contributed by atoms with Gasteiger partial charge in [0.05, 0.1) is 11.3 Å². The van der Waals surface area contributed by atoms with Crippen molar-refractivity contribution in [3.63, 3.8) is 0 Å². The molecule has 0 fully saturated rings. The molecule has 2 N–H and O–H groups in total. The van der Waals surface area contributed by atoms with Gasteiger partial charge < -0.3 is 10.6 Å². The van der Waals surface area contributed by atoms with E-state index in [2.05, 4.69) is 41.6 Å². The largest absolute Gasteiger partial charge is 0.381 e. The summed E-state index contributed by atoms with van der Waals surface area (Å²) in [5.74, 6) is -0.0868. The van der Waals surface area contributed by atoms with Crippen LogP contribution in [0.4, 0.5) is 5.69 Å². The summed E-state index contributed by atoms with van der Waals surface area (Å²) in [7, 11) is 0. The van der Waals surface area contributed by atoms with Gasteiger partial charge in [-0.1, -0.05) is 37.3 Å². The Kier molecular flexibility index (Phi) is 5.95. The minimum absolute atomic E-state index is 0.0868. The highest BCUT2D eigenvalue weighted by molar-refractivity contribution is 5.94. The third-order valence-electron chi connectivity index (χ3n) is 3.57. The fourth-order valence-corrected chi connectivity index (χ4v) is 2.10. The number of nitrogens with one attached hydrogen (secondary N) is 2. The van der Waals surface area contributed by atoms with Gasteiger partial charge in [-0.05, 0) is 31.4 Å². The molecular formula is C18H23N3O. The molecule has 1 aromatic heterocycles. The van der Waals surface area contributed by atoms with Gasteiger partial charge in [0.2, 0.25) is 0 Å². The van der Waals surface area contributed by atoms with Crippen LogP contribution in [0.3, 0.4) is 0 Å². The zero-order valence-electron chi connectivity index (χ0n) is 13.2. The molecule has 2 rings (SSSR count). The Hall–Kier alpha value is -2.36. The Morgan fingerprint density at radius 3 is 2.73 bits per heavy atom. The molecule has 22 heavy (non-hydrogen) atoms. The zero-order chi connectivity index (χ0) is 15.8. The molecule has 1 unspecified atom stereocenters. The summed E-state index contributed by atoms with van der Waals surface area (Å²) in [4.78, 5) is 16.3. The molecule has 2 aromatic rings. The average molecular weight is 297 g/mol. The lowest BCUT2D eigenvalue weighted by Crippen LogP contribution is -2.26. The molecule has 0 aliphatic heterocycles. The lowest BCUT2D eigenvalue weighted by molar-refractivity contribution is 0.0954. The second-order valence-corrected chi connectivity index (χ2v) is 5.41. The number of nitrogens with zero attached hydrogens (tertiary/aromatic N) is 1. The molecule has 0 aliphatic rings. The summed E-state index contributed by atoms with van der Waals surface area (Å²) < 4.78 is 0. The van der Waals surface area contributed by atoms with Crippen molar-refractivity contribution < 1.29 is 4.79 Å². The maximum atomic E-state index is 12.2. The van der Waals surface area contributed by atoms with E-state index < -0.39 is 0 Å². The molecule has 1 heterocycles. The molecule has 0 saturated heterocycles. The monoisotopic (exact) mass is 297 g/mol. The lowest BCUT2D eigenvalue weighted by atomic mass is 10.1. The quantitative estimate of drug-likeness (QED) is 0.824. The van der Waals surface area contributed by atoms with Crippen molar-refractivity contribution >= 4 is 11.6 Å². The van der Waals surface area contributed by atoms with E-state index in [0.29, 0.717) is 18.2 Å². The highest BCUT2D eigenvalue weighted by Crippen LogP contribution is 2.11. The van der Waals surface area contributed by atoms with Crippen molar-refractivity contribution in [1.82, 2.24) is 10.3 Å². The maximum absolute atomic E-state index is 12.2. The number of carbonyl (C=O) groups excluding carboxylic acids is 1. The molecule has 4 nitrogen and oxygen atoms in total. The Balaban J connectivity index is 1.88. The van der Waals surface area contributed by atoms with Gasteiger partial charge in [-0.2, -0.15) is 0 Å². The van der Waals surface area contributed by atoms with E-state index in [-0.39, 0.29) is 5.91 Å². The third kappa shape index (κ3) is 4.88. The normalized spacial score (nSPS) is 11.7. The molecular weight excluding hydrogens is 274 g/mol. The summed E-state index contributed by atoms with van der Waals surface area (Å²) in [5, 5.41) is 6.26. The molecule has 0 bridgehead atoms. The van der Waals surface area contributed by atoms with Crippen LogP contribution in [0.25, 0.3) is 0 Å². The van der Waals surface area contributed by atoms with E-state index in [4.69, 9.17) is 0 Å². The minimum Gasteiger partial charge on any atom is -0.381 e. The van der Waals surface area contributed by atoms with E-state index in [1.165, 1.54) is 5.56 Å². The number of anilines is 1. The molecule has 0 spiro atoms. The summed E-state index contributed by atoms with van der Waals surface area (Å²) in [5.41, 5.74) is 2.68. The zero-order valence-corrected chi connectivity index (χ0v) is 13.2. The van der Waals surface area contributed by atoms with Crippen LogP contribution in [0.2, 0.25) is 0 Å². The second kappa shape index (κ2) is 8.17. The van der Waals surface area contributed by atoms with Crippen LogP contribution >= 0.6 is 0 Å². The van der Waals surface area contributed by atoms with Crippen LogP contribution in [-0.4, -0.2) is 23.5 Å². The van der Waals surface area contributed by atoms with Crippen LogP contribution in [-0.2, 0) is 6.42 Å². The van der Waals surface area contributed by atoms with Gasteiger partial charge in [-0.15, -0.1) is 0 Å². The molecule has 1 aromatic carbocycles. The molecule has 116 valence electrons. The van der Waals surface area contributed by atoms with Crippen LogP contribution in [0, 0.1) is 0 Å². The fraction of sp³-hybridized carbons (Fsp3) is 0.333. The van der Waals surface area contributed by atoms with Crippen molar-refractivity contribution in [3.05, 3.63) is 59.9 Å². The number of hydrogen-bond donors (Lipinski definition) is 2. The van der Waals surface area contributed by atoms with Gasteiger partial charge in [-0.3, -0.25) is 9.78 Å². The highest BCUT2D eigenvalue weighted by atomic mass is 16.1. The first-order valence-corrected chi connectivity index (χ1v) is 7.72. The number of carbonyl (C=O) groups is 1. The summed E-state index contributed by atoms with van der Waals surface area (Å²) in [6, 6.07) is 12.3. The van der Waals surface area contributed by atoms with E-state index >= 15 is 0 Å². The van der Waals surface area contributed by atoms with Gasteiger partial charge in [0.1, 0.15) is 0 Å². The highest BCUT2D eigenvalue weighted by Gasteiger charge is 2.07. The van der Waals surface area contributed by atoms with Crippen LogP contribution < -0.4 is 10.6 Å². The van der Waals surface area contributed by atoms with Crippen molar-refractivity contribution in [2.45, 2.75) is 32.7 Å². The molecule has 1 amide bonds. The summed E-state index contributed by atoms with van der Waals surface area (Å²) in [6.45, 7) is 4.84. The summed E-state index contributed by atoms with van der Waals surface area (Å²) >= 11 is 0. The summed E-state index contributed by atoms with van der Waals surface area (Å²) in [6.07, 6.45) is 5.19. The van der Waals surface area contributed by atoms with E-state index in [1.54, 1.807) is 12.4 Å². The van der Waals surface area contributed by atoms with E-state index in [9.17, 15) is 4.79 Å². The number of hydrogen-bond acceptors (Lipinski definition) is 3. The van der Waals surface area contributed by atoms with Crippen molar-refractivity contribution in [2.24, 2.45) is 0 Å². The predicted octanol–water partition coefficient (Wildman–Crippen LogP) is 3.26. The van der Waals surface area contributed by atoms with Crippen LogP contribution in [0.5, 0.6) is 0 Å². The van der Waals surface area contributed by atoms with Gasteiger partial charge in [0.25, 0.3) is 5.91 Å². The molecule has 0 radical (unpaired) electrons. The lowest BCUT2D eigenvalue weighted by Gasteiger charge is -2.13. The predicted molar refractivity (Wildman–Crippen MR) is 90.1 cm³/mol.